The maximum Gasteiger partial charge on any atom is 0.220 e. The lowest BCUT2D eigenvalue weighted by atomic mass is 9.96. The molecule has 0 radical (unpaired) electrons. The van der Waals surface area contributed by atoms with Gasteiger partial charge in [-0.1, -0.05) is 267 Å². The summed E-state index contributed by atoms with van der Waals surface area (Å²) in [4.78, 5) is 13.4. The summed E-state index contributed by atoms with van der Waals surface area (Å²) in [5.74, 6) is -0.293. The second-order valence-corrected chi connectivity index (χ2v) is 27.4. The summed E-state index contributed by atoms with van der Waals surface area (Å²) in [6.07, 6.45) is 46.4. The van der Waals surface area contributed by atoms with E-state index in [1.54, 1.807) is 6.08 Å². The van der Waals surface area contributed by atoms with Crippen LogP contribution in [0, 0.1) is 0 Å². The lowest BCUT2D eigenvalue weighted by Crippen LogP contribution is -2.66. The minimum absolute atomic E-state index is 0.226. The molecule has 0 aromatic rings. The van der Waals surface area contributed by atoms with Crippen molar-refractivity contribution >= 4 is 5.91 Å². The molecule has 3 aliphatic rings. The second-order valence-electron chi connectivity index (χ2n) is 27.4. The largest absolute Gasteiger partial charge is 0.394 e. The lowest BCUT2D eigenvalue weighted by molar-refractivity contribution is -0.379. The summed E-state index contributed by atoms with van der Waals surface area (Å²) < 4.78 is 34.4. The monoisotopic (exact) mass is 1370 g/mol. The number of aliphatic hydroxyl groups is 11. The maximum absolute atomic E-state index is 13.4. The van der Waals surface area contributed by atoms with Gasteiger partial charge in [0.1, 0.15) is 73.2 Å². The van der Waals surface area contributed by atoms with E-state index in [9.17, 15) is 61.0 Å². The summed E-state index contributed by atoms with van der Waals surface area (Å²) in [6.45, 7) is 1.72. The second kappa shape index (κ2) is 58.0. The van der Waals surface area contributed by atoms with E-state index in [1.165, 1.54) is 193 Å². The van der Waals surface area contributed by atoms with E-state index in [0.717, 1.165) is 64.2 Å². The van der Waals surface area contributed by atoms with Crippen molar-refractivity contribution in [2.24, 2.45) is 0 Å². The molecule has 19 heteroatoms. The molecule has 0 bridgehead atoms. The lowest BCUT2D eigenvalue weighted by Gasteiger charge is -2.48. The zero-order valence-electron chi connectivity index (χ0n) is 59.6. The first-order valence-corrected chi connectivity index (χ1v) is 38.5. The van der Waals surface area contributed by atoms with Crippen LogP contribution in [-0.4, -0.2) is 193 Å². The van der Waals surface area contributed by atoms with Crippen LogP contribution in [0.15, 0.2) is 60.8 Å². The van der Waals surface area contributed by atoms with Crippen LogP contribution >= 0.6 is 0 Å². The van der Waals surface area contributed by atoms with E-state index in [2.05, 4.69) is 67.8 Å². The van der Waals surface area contributed by atoms with E-state index in [4.69, 9.17) is 28.4 Å². The highest BCUT2D eigenvalue weighted by molar-refractivity contribution is 5.76. The number of aliphatic hydroxyl groups excluding tert-OH is 11. The molecule has 3 heterocycles. The van der Waals surface area contributed by atoms with Crippen molar-refractivity contribution in [1.29, 1.82) is 0 Å². The fourth-order valence-corrected chi connectivity index (χ4v) is 12.8. The molecule has 96 heavy (non-hydrogen) atoms. The number of carbonyl (C=O) groups is 1. The number of rotatable bonds is 60. The molecule has 17 unspecified atom stereocenters. The average Bonchev–Trinajstić information content (AvgIpc) is 0.785. The third-order valence-electron chi connectivity index (χ3n) is 19.0. The number of hydrogen-bond acceptors (Lipinski definition) is 18. The van der Waals surface area contributed by atoms with Crippen molar-refractivity contribution in [3.63, 3.8) is 0 Å². The Balaban J connectivity index is 1.42. The fourth-order valence-electron chi connectivity index (χ4n) is 12.8. The highest BCUT2D eigenvalue weighted by atomic mass is 16.8. The van der Waals surface area contributed by atoms with Gasteiger partial charge in [-0.3, -0.25) is 4.79 Å². The van der Waals surface area contributed by atoms with Crippen LogP contribution in [-0.2, 0) is 33.2 Å². The topological polar surface area (TPSA) is 307 Å². The Kier molecular flexibility index (Phi) is 53.0. The highest BCUT2D eigenvalue weighted by Gasteiger charge is 2.53. The summed E-state index contributed by atoms with van der Waals surface area (Å²) in [7, 11) is 0. The molecule has 19 nitrogen and oxygen atoms in total. The van der Waals surface area contributed by atoms with Crippen LogP contribution in [0.4, 0.5) is 0 Å². The minimum Gasteiger partial charge on any atom is -0.394 e. The van der Waals surface area contributed by atoms with Crippen LogP contribution in [0.25, 0.3) is 0 Å². The maximum atomic E-state index is 13.4. The van der Waals surface area contributed by atoms with Crippen LogP contribution in [0.2, 0.25) is 0 Å². The van der Waals surface area contributed by atoms with Gasteiger partial charge in [-0.05, 0) is 77.0 Å². The van der Waals surface area contributed by atoms with E-state index in [-0.39, 0.29) is 18.9 Å². The Morgan fingerprint density at radius 1 is 0.375 bits per heavy atom. The molecule has 0 saturated carbocycles. The first-order chi connectivity index (χ1) is 46.8. The van der Waals surface area contributed by atoms with Gasteiger partial charge in [0.15, 0.2) is 18.9 Å². The van der Waals surface area contributed by atoms with Crippen molar-refractivity contribution in [3.8, 4) is 0 Å². The van der Waals surface area contributed by atoms with E-state index in [1.807, 2.05) is 6.08 Å². The zero-order chi connectivity index (χ0) is 69.6. The summed E-state index contributed by atoms with van der Waals surface area (Å²) in [5, 5.41) is 121. The Morgan fingerprint density at radius 2 is 0.698 bits per heavy atom. The van der Waals surface area contributed by atoms with Gasteiger partial charge in [-0.15, -0.1) is 0 Å². The molecule has 3 fully saturated rings. The molecule has 0 aromatic heterocycles. The summed E-state index contributed by atoms with van der Waals surface area (Å²) in [6, 6.07) is -1.00. The van der Waals surface area contributed by atoms with Crippen LogP contribution in [0.3, 0.4) is 0 Å². The van der Waals surface area contributed by atoms with Crippen LogP contribution in [0.5, 0.6) is 0 Å². The van der Waals surface area contributed by atoms with Gasteiger partial charge in [0.2, 0.25) is 5.91 Å². The first-order valence-electron chi connectivity index (χ1n) is 38.5. The van der Waals surface area contributed by atoms with E-state index >= 15 is 0 Å². The van der Waals surface area contributed by atoms with Gasteiger partial charge in [0.25, 0.3) is 0 Å². The number of unbranched alkanes of at least 4 members (excludes halogenated alkanes) is 36. The Hall–Kier alpha value is -2.51. The predicted molar refractivity (Wildman–Crippen MR) is 379 cm³/mol. The molecule has 3 saturated heterocycles. The third kappa shape index (κ3) is 38.5. The van der Waals surface area contributed by atoms with Crippen LogP contribution in [0.1, 0.15) is 290 Å². The van der Waals surface area contributed by atoms with E-state index < -0.39 is 124 Å². The van der Waals surface area contributed by atoms with Gasteiger partial charge in [0, 0.05) is 6.42 Å². The quantitative estimate of drug-likeness (QED) is 0.0199. The minimum atomic E-state index is -1.99. The molecular formula is C77H139NO18. The molecule has 560 valence electrons. The number of carbonyl (C=O) groups excluding carboxylic acids is 1. The zero-order valence-corrected chi connectivity index (χ0v) is 59.6. The number of nitrogens with one attached hydrogen (secondary N) is 1. The van der Waals surface area contributed by atoms with Crippen molar-refractivity contribution in [2.75, 3.05) is 26.4 Å². The molecule has 3 aliphatic heterocycles. The molecule has 12 N–H and O–H groups in total. The van der Waals surface area contributed by atoms with Gasteiger partial charge >= 0.3 is 0 Å². The molecule has 0 spiro atoms. The summed E-state index contributed by atoms with van der Waals surface area (Å²) in [5.41, 5.74) is 0. The fraction of sp³-hybridized carbons (Fsp3) is 0.857. The van der Waals surface area contributed by atoms with Crippen molar-refractivity contribution in [3.05, 3.63) is 60.8 Å². The number of allylic oxidation sites excluding steroid dienone is 9. The molecule has 0 aromatic carbocycles. The van der Waals surface area contributed by atoms with Crippen molar-refractivity contribution < 1.29 is 89.4 Å². The standard InChI is InChI=1S/C77H139NO18/c1-3-5-7-9-11-13-15-17-19-21-23-25-26-27-28-29-30-31-32-33-35-36-38-40-42-44-46-48-50-52-54-61(82)60(78-65(83)55-53-51-49-47-45-43-41-39-37-34-24-22-20-18-16-14-12-10-8-6-4-2)59-91-75-71(89)68(86)73(63(57-80)93-75)96-77-72(90)69(87)74(64(58-81)94-77)95-76-70(88)67(85)66(84)62(56-79)92-76/h16,18,22,24,36,38,44,46,52,54,60-64,66-77,79-82,84-90H,3-15,17,19-21,23,25-35,37,39-43,45,47-51,53,55-59H2,1-2H3,(H,78,83)/b18-16-,24-22-,38-36+,46-44+,54-52+. The molecule has 1 amide bonds. The Labute approximate surface area is 579 Å². The molecule has 0 aliphatic carbocycles. The number of amides is 1. The third-order valence-corrected chi connectivity index (χ3v) is 19.0. The van der Waals surface area contributed by atoms with Crippen LogP contribution < -0.4 is 5.32 Å². The summed E-state index contributed by atoms with van der Waals surface area (Å²) >= 11 is 0. The SMILES string of the molecule is CCCCCCC/C=C\C/C=C\CCCCCCCCCCCC(=O)NC(COC1OC(CO)C(OC2OC(CO)C(OC3OC(CO)C(O)C(O)C3O)C(O)C2O)C(O)C1O)C(O)/C=C/CC/C=C/CC/C=C/CCCCCCCCCCCCCCCCCCCCCC. The number of ether oxygens (including phenoxy) is 6. The Morgan fingerprint density at radius 3 is 1.10 bits per heavy atom. The highest BCUT2D eigenvalue weighted by Crippen LogP contribution is 2.33. The first kappa shape index (κ1) is 87.7. The van der Waals surface area contributed by atoms with Crippen molar-refractivity contribution in [2.45, 2.75) is 394 Å². The molecular weight excluding hydrogens is 1230 g/mol. The molecule has 17 atom stereocenters. The van der Waals surface area contributed by atoms with Crippen molar-refractivity contribution in [1.82, 2.24) is 5.32 Å². The number of hydrogen-bond donors (Lipinski definition) is 12. The smallest absolute Gasteiger partial charge is 0.220 e. The van der Waals surface area contributed by atoms with Gasteiger partial charge in [-0.25, -0.2) is 0 Å². The van der Waals surface area contributed by atoms with E-state index in [0.29, 0.717) is 12.8 Å². The van der Waals surface area contributed by atoms with Gasteiger partial charge < -0.3 is 89.9 Å². The average molecular weight is 1370 g/mol. The van der Waals surface area contributed by atoms with Gasteiger partial charge in [0.05, 0.1) is 38.6 Å². The Bertz CT molecular complexity index is 1970. The predicted octanol–water partition coefficient (Wildman–Crippen LogP) is 11.9. The van der Waals surface area contributed by atoms with Gasteiger partial charge in [-0.2, -0.15) is 0 Å². The molecule has 3 rings (SSSR count). The normalized spacial score (nSPS) is 27.4.